The first-order valence-electron chi connectivity index (χ1n) is 8.25. The number of primary amides is 1. The van der Waals surface area contributed by atoms with Gasteiger partial charge in [-0.3, -0.25) is 9.59 Å². The molecule has 6 nitrogen and oxygen atoms in total. The maximum Gasteiger partial charge on any atom is 0.268 e. The smallest absolute Gasteiger partial charge is 0.268 e. The van der Waals surface area contributed by atoms with E-state index in [0.717, 1.165) is 0 Å². The van der Waals surface area contributed by atoms with Crippen molar-refractivity contribution in [1.82, 2.24) is 4.90 Å². The Morgan fingerprint density at radius 3 is 2.48 bits per heavy atom. The number of aliphatic hydroxyl groups is 1. The van der Waals surface area contributed by atoms with Gasteiger partial charge in [0.2, 0.25) is 5.91 Å². The molecule has 1 unspecified atom stereocenters. The van der Waals surface area contributed by atoms with E-state index in [4.69, 9.17) is 28.9 Å². The molecule has 2 amide bonds. The highest BCUT2D eigenvalue weighted by molar-refractivity contribution is 6.35. The molecule has 1 aliphatic heterocycles. The molecular formula is C19H19Cl2N3O3. The zero-order valence-corrected chi connectivity index (χ0v) is 16.4. The lowest BCUT2D eigenvalue weighted by molar-refractivity contribution is -0.132. The van der Waals surface area contributed by atoms with Gasteiger partial charge in [0.25, 0.3) is 5.91 Å². The Balaban J connectivity index is 2.26. The number of anilines is 1. The minimum absolute atomic E-state index is 0.0735. The van der Waals surface area contributed by atoms with Crippen LogP contribution in [0.1, 0.15) is 21.5 Å². The van der Waals surface area contributed by atoms with Gasteiger partial charge in [-0.1, -0.05) is 41.4 Å². The van der Waals surface area contributed by atoms with Crippen molar-refractivity contribution in [3.05, 3.63) is 63.1 Å². The van der Waals surface area contributed by atoms with Crippen LogP contribution in [0.5, 0.6) is 0 Å². The summed E-state index contributed by atoms with van der Waals surface area (Å²) >= 11 is 12.7. The van der Waals surface area contributed by atoms with Crippen molar-refractivity contribution in [3.8, 4) is 0 Å². The van der Waals surface area contributed by atoms with Gasteiger partial charge in [0, 0.05) is 34.8 Å². The number of likely N-dealkylation sites (N-methyl/N-ethyl adjacent to an activating group) is 1. The van der Waals surface area contributed by atoms with E-state index in [1.807, 2.05) is 19.0 Å². The molecule has 27 heavy (non-hydrogen) atoms. The molecule has 3 N–H and O–H groups in total. The number of hydrogen-bond donors (Lipinski definition) is 2. The maximum absolute atomic E-state index is 13.3. The number of rotatable bonds is 5. The summed E-state index contributed by atoms with van der Waals surface area (Å²) in [6.45, 7) is 0.840. The molecule has 0 saturated carbocycles. The van der Waals surface area contributed by atoms with E-state index < -0.39 is 17.4 Å². The van der Waals surface area contributed by atoms with Gasteiger partial charge in [-0.05, 0) is 32.3 Å². The van der Waals surface area contributed by atoms with Crippen LogP contribution in [0.4, 0.5) is 5.69 Å². The maximum atomic E-state index is 13.3. The lowest BCUT2D eigenvalue weighted by Gasteiger charge is -2.25. The highest BCUT2D eigenvalue weighted by atomic mass is 35.5. The van der Waals surface area contributed by atoms with Crippen molar-refractivity contribution >= 4 is 40.7 Å². The largest absolute Gasteiger partial charge is 0.372 e. The topological polar surface area (TPSA) is 86.9 Å². The molecule has 0 bridgehead atoms. The summed E-state index contributed by atoms with van der Waals surface area (Å²) in [6.07, 6.45) is 0. The molecule has 1 heterocycles. The molecular weight excluding hydrogens is 389 g/mol. The molecule has 0 aromatic heterocycles. The zero-order valence-electron chi connectivity index (χ0n) is 14.9. The quantitative estimate of drug-likeness (QED) is 0.795. The molecule has 1 atom stereocenters. The normalized spacial score (nSPS) is 18.9. The predicted molar refractivity (Wildman–Crippen MR) is 105 cm³/mol. The van der Waals surface area contributed by atoms with E-state index in [1.54, 1.807) is 24.3 Å². The first-order valence-corrected chi connectivity index (χ1v) is 9.01. The van der Waals surface area contributed by atoms with Gasteiger partial charge in [0.05, 0.1) is 10.7 Å². The zero-order chi connectivity index (χ0) is 19.9. The summed E-state index contributed by atoms with van der Waals surface area (Å²) in [7, 11) is 3.74. The van der Waals surface area contributed by atoms with Crippen LogP contribution in [0, 0.1) is 0 Å². The van der Waals surface area contributed by atoms with Crippen LogP contribution in [0.3, 0.4) is 0 Å². The van der Waals surface area contributed by atoms with Crippen LogP contribution in [0.25, 0.3) is 0 Å². The summed E-state index contributed by atoms with van der Waals surface area (Å²) in [5, 5.41) is 11.8. The summed E-state index contributed by atoms with van der Waals surface area (Å²) in [4.78, 5) is 28.3. The Kier molecular flexibility index (Phi) is 5.18. The van der Waals surface area contributed by atoms with Crippen molar-refractivity contribution in [2.24, 2.45) is 5.73 Å². The standard InChI is InChI=1S/C19H19Cl2N3O3/c1-23(2)7-8-24-15-10-11(17(22)25)9-14(21)16(15)19(27,18(24)26)12-5-3-4-6-13(12)20/h3-6,9-10,27H,7-8H2,1-2H3,(H2,22,25). The first kappa shape index (κ1) is 19.6. The predicted octanol–water partition coefficient (Wildman–Crippen LogP) is 2.24. The Hall–Kier alpha value is -2.12. The van der Waals surface area contributed by atoms with Gasteiger partial charge in [-0.15, -0.1) is 0 Å². The third-order valence-electron chi connectivity index (χ3n) is 4.60. The van der Waals surface area contributed by atoms with E-state index in [-0.39, 0.29) is 26.7 Å². The molecule has 0 radical (unpaired) electrons. The number of carbonyl (C=O) groups is 2. The van der Waals surface area contributed by atoms with Crippen molar-refractivity contribution in [3.63, 3.8) is 0 Å². The Bertz CT molecular complexity index is 932. The second kappa shape index (κ2) is 7.13. The number of nitrogens with two attached hydrogens (primary N) is 1. The Labute approximate surface area is 167 Å². The van der Waals surface area contributed by atoms with Crippen LogP contribution in [-0.4, -0.2) is 49.0 Å². The molecule has 1 aliphatic rings. The average molecular weight is 408 g/mol. The molecule has 2 aromatic carbocycles. The second-order valence-corrected chi connectivity index (χ2v) is 7.48. The molecule has 8 heteroatoms. The van der Waals surface area contributed by atoms with E-state index in [9.17, 15) is 14.7 Å². The van der Waals surface area contributed by atoms with Gasteiger partial charge < -0.3 is 20.6 Å². The van der Waals surface area contributed by atoms with Crippen LogP contribution in [0.2, 0.25) is 10.0 Å². The molecule has 3 rings (SSSR count). The fraction of sp³-hybridized carbons (Fsp3) is 0.263. The monoisotopic (exact) mass is 407 g/mol. The van der Waals surface area contributed by atoms with Crippen LogP contribution in [0.15, 0.2) is 36.4 Å². The minimum Gasteiger partial charge on any atom is -0.372 e. The summed E-state index contributed by atoms with van der Waals surface area (Å²) in [6, 6.07) is 9.39. The highest BCUT2D eigenvalue weighted by Gasteiger charge is 2.53. The summed E-state index contributed by atoms with van der Waals surface area (Å²) < 4.78 is 0. The van der Waals surface area contributed by atoms with Crippen LogP contribution >= 0.6 is 23.2 Å². The number of halogens is 2. The van der Waals surface area contributed by atoms with E-state index in [2.05, 4.69) is 0 Å². The van der Waals surface area contributed by atoms with Gasteiger partial charge in [-0.2, -0.15) is 0 Å². The van der Waals surface area contributed by atoms with E-state index in [0.29, 0.717) is 18.8 Å². The lowest BCUT2D eigenvalue weighted by Crippen LogP contribution is -2.43. The van der Waals surface area contributed by atoms with Crippen LogP contribution in [-0.2, 0) is 10.4 Å². The number of amides is 2. The SMILES string of the molecule is CN(C)CCN1C(=O)C(O)(c2ccccc2Cl)c2c(Cl)cc(C(N)=O)cc21. The fourth-order valence-electron chi connectivity index (χ4n) is 3.24. The van der Waals surface area contributed by atoms with Crippen molar-refractivity contribution in [2.75, 3.05) is 32.1 Å². The van der Waals surface area contributed by atoms with E-state index in [1.165, 1.54) is 17.0 Å². The number of nitrogens with zero attached hydrogens (tertiary/aromatic N) is 2. The van der Waals surface area contributed by atoms with Crippen molar-refractivity contribution in [2.45, 2.75) is 5.60 Å². The van der Waals surface area contributed by atoms with Crippen molar-refractivity contribution in [1.29, 1.82) is 0 Å². The average Bonchev–Trinajstić information content (AvgIpc) is 2.82. The number of fused-ring (bicyclic) bond motifs is 1. The van der Waals surface area contributed by atoms with Gasteiger partial charge in [0.15, 0.2) is 5.60 Å². The molecule has 2 aromatic rings. The molecule has 0 fully saturated rings. The van der Waals surface area contributed by atoms with Gasteiger partial charge in [-0.25, -0.2) is 0 Å². The Morgan fingerprint density at radius 1 is 1.22 bits per heavy atom. The number of carbonyl (C=O) groups excluding carboxylic acids is 2. The van der Waals surface area contributed by atoms with Gasteiger partial charge >= 0.3 is 0 Å². The van der Waals surface area contributed by atoms with Crippen LogP contribution < -0.4 is 10.6 Å². The fourth-order valence-corrected chi connectivity index (χ4v) is 3.87. The molecule has 0 spiro atoms. The first-order chi connectivity index (χ1) is 12.7. The number of hydrogen-bond acceptors (Lipinski definition) is 4. The van der Waals surface area contributed by atoms with Crippen molar-refractivity contribution < 1.29 is 14.7 Å². The Morgan fingerprint density at radius 2 is 1.89 bits per heavy atom. The summed E-state index contributed by atoms with van der Waals surface area (Å²) in [5.41, 5.74) is 4.29. The van der Waals surface area contributed by atoms with E-state index >= 15 is 0 Å². The van der Waals surface area contributed by atoms with Gasteiger partial charge in [0.1, 0.15) is 0 Å². The third kappa shape index (κ3) is 3.19. The summed E-state index contributed by atoms with van der Waals surface area (Å²) in [5.74, 6) is -1.25. The molecule has 0 aliphatic carbocycles. The minimum atomic E-state index is -2.05. The molecule has 142 valence electrons. The number of benzene rings is 2. The second-order valence-electron chi connectivity index (χ2n) is 6.67. The highest BCUT2D eigenvalue weighted by Crippen LogP contribution is 2.49. The molecule has 0 saturated heterocycles. The lowest BCUT2D eigenvalue weighted by atomic mass is 9.87. The third-order valence-corrected chi connectivity index (χ3v) is 5.22.